The first-order valence-corrected chi connectivity index (χ1v) is 5.90. The number of nitrogens with zero attached hydrogens (tertiary/aromatic N) is 2. The number of benzene rings is 1. The molecule has 17 heavy (non-hydrogen) atoms. The fourth-order valence-electron chi connectivity index (χ4n) is 1.60. The van der Waals surface area contributed by atoms with Crippen LogP contribution < -0.4 is 5.73 Å². The quantitative estimate of drug-likeness (QED) is 0.947. The van der Waals surface area contributed by atoms with Crippen molar-refractivity contribution in [2.45, 2.75) is 12.5 Å². The Morgan fingerprint density at radius 3 is 2.59 bits per heavy atom. The van der Waals surface area contributed by atoms with Crippen LogP contribution >= 0.6 is 15.9 Å². The van der Waals surface area contributed by atoms with Gasteiger partial charge in [-0.05, 0) is 30.2 Å². The summed E-state index contributed by atoms with van der Waals surface area (Å²) in [5, 5.41) is 0. The van der Waals surface area contributed by atoms with Crippen molar-refractivity contribution >= 4 is 15.9 Å². The molecule has 1 aromatic heterocycles. The molecule has 0 radical (unpaired) electrons. The van der Waals surface area contributed by atoms with Crippen molar-refractivity contribution in [1.82, 2.24) is 9.97 Å². The van der Waals surface area contributed by atoms with Crippen molar-refractivity contribution in [1.29, 1.82) is 0 Å². The largest absolute Gasteiger partial charge is 0.324 e. The van der Waals surface area contributed by atoms with E-state index in [1.807, 2.05) is 6.07 Å². The standard InChI is InChI=1S/C12H11BrFN3/c13-10-1-8(2-11(14)4-10)3-12(15)9-5-16-7-17-6-9/h1-2,4-7,12H,3,15H2. The van der Waals surface area contributed by atoms with Crippen LogP contribution in [-0.2, 0) is 6.42 Å². The second kappa shape index (κ2) is 5.33. The molecule has 5 heteroatoms. The first-order valence-electron chi connectivity index (χ1n) is 5.10. The van der Waals surface area contributed by atoms with Gasteiger partial charge in [0.15, 0.2) is 0 Å². The van der Waals surface area contributed by atoms with Crippen LogP contribution in [0.1, 0.15) is 17.2 Å². The van der Waals surface area contributed by atoms with Crippen molar-refractivity contribution in [2.75, 3.05) is 0 Å². The maximum atomic E-state index is 13.2. The first kappa shape index (κ1) is 12.1. The zero-order valence-electron chi connectivity index (χ0n) is 8.98. The fourth-order valence-corrected chi connectivity index (χ4v) is 2.12. The molecule has 2 rings (SSSR count). The molecule has 0 aliphatic rings. The van der Waals surface area contributed by atoms with Gasteiger partial charge >= 0.3 is 0 Å². The Morgan fingerprint density at radius 1 is 1.24 bits per heavy atom. The molecule has 1 atom stereocenters. The zero-order chi connectivity index (χ0) is 12.3. The van der Waals surface area contributed by atoms with E-state index in [0.717, 1.165) is 11.1 Å². The molecule has 1 heterocycles. The minimum Gasteiger partial charge on any atom is -0.324 e. The van der Waals surface area contributed by atoms with Gasteiger partial charge in [0.1, 0.15) is 12.1 Å². The van der Waals surface area contributed by atoms with Crippen LogP contribution in [0.4, 0.5) is 4.39 Å². The Labute approximate surface area is 107 Å². The predicted molar refractivity (Wildman–Crippen MR) is 66.8 cm³/mol. The molecule has 0 saturated heterocycles. The molecule has 0 spiro atoms. The molecule has 88 valence electrons. The van der Waals surface area contributed by atoms with E-state index in [9.17, 15) is 4.39 Å². The number of aromatic nitrogens is 2. The van der Waals surface area contributed by atoms with Gasteiger partial charge in [-0.1, -0.05) is 15.9 Å². The molecule has 0 aliphatic heterocycles. The summed E-state index contributed by atoms with van der Waals surface area (Å²) in [4.78, 5) is 7.82. The summed E-state index contributed by atoms with van der Waals surface area (Å²) in [7, 11) is 0. The summed E-state index contributed by atoms with van der Waals surface area (Å²) in [6.07, 6.45) is 5.34. The summed E-state index contributed by atoms with van der Waals surface area (Å²) in [5.74, 6) is -0.272. The smallest absolute Gasteiger partial charge is 0.124 e. The molecule has 2 N–H and O–H groups in total. The average Bonchev–Trinajstić information content (AvgIpc) is 2.28. The molecule has 1 unspecified atom stereocenters. The van der Waals surface area contributed by atoms with E-state index in [4.69, 9.17) is 5.73 Å². The lowest BCUT2D eigenvalue weighted by atomic mass is 10.0. The minimum atomic E-state index is -0.272. The summed E-state index contributed by atoms with van der Waals surface area (Å²) < 4.78 is 13.9. The van der Waals surface area contributed by atoms with Gasteiger partial charge in [0.05, 0.1) is 0 Å². The summed E-state index contributed by atoms with van der Waals surface area (Å²) in [5.41, 5.74) is 7.69. The topological polar surface area (TPSA) is 51.8 Å². The van der Waals surface area contributed by atoms with Crippen molar-refractivity contribution in [3.05, 3.63) is 58.3 Å². The maximum absolute atomic E-state index is 13.2. The van der Waals surface area contributed by atoms with Crippen LogP contribution in [0.5, 0.6) is 0 Å². The van der Waals surface area contributed by atoms with Gasteiger partial charge in [0.25, 0.3) is 0 Å². The lowest BCUT2D eigenvalue weighted by Gasteiger charge is -2.11. The van der Waals surface area contributed by atoms with E-state index < -0.39 is 0 Å². The second-order valence-corrected chi connectivity index (χ2v) is 4.68. The Balaban J connectivity index is 2.16. The highest BCUT2D eigenvalue weighted by Crippen LogP contribution is 2.19. The third kappa shape index (κ3) is 3.31. The summed E-state index contributed by atoms with van der Waals surface area (Å²) in [6.45, 7) is 0. The number of hydrogen-bond donors (Lipinski definition) is 1. The summed E-state index contributed by atoms with van der Waals surface area (Å²) in [6, 6.07) is 4.52. The number of hydrogen-bond acceptors (Lipinski definition) is 3. The lowest BCUT2D eigenvalue weighted by molar-refractivity contribution is 0.620. The van der Waals surface area contributed by atoms with Crippen LogP contribution in [0.3, 0.4) is 0 Å². The Hall–Kier alpha value is -1.33. The van der Waals surface area contributed by atoms with Gasteiger partial charge in [-0.15, -0.1) is 0 Å². The highest BCUT2D eigenvalue weighted by Gasteiger charge is 2.09. The van der Waals surface area contributed by atoms with E-state index in [0.29, 0.717) is 10.9 Å². The normalized spacial score (nSPS) is 12.4. The zero-order valence-corrected chi connectivity index (χ0v) is 10.6. The van der Waals surface area contributed by atoms with Crippen molar-refractivity contribution in [2.24, 2.45) is 5.73 Å². The van der Waals surface area contributed by atoms with Crippen molar-refractivity contribution in [3.63, 3.8) is 0 Å². The van der Waals surface area contributed by atoms with Gasteiger partial charge in [-0.2, -0.15) is 0 Å². The Bertz CT molecular complexity index is 484. The molecule has 0 aliphatic carbocycles. The van der Waals surface area contributed by atoms with Crippen LogP contribution in [0.2, 0.25) is 0 Å². The van der Waals surface area contributed by atoms with E-state index in [2.05, 4.69) is 25.9 Å². The van der Waals surface area contributed by atoms with Crippen LogP contribution in [-0.4, -0.2) is 9.97 Å². The lowest BCUT2D eigenvalue weighted by Crippen LogP contribution is -2.14. The monoisotopic (exact) mass is 295 g/mol. The highest BCUT2D eigenvalue weighted by atomic mass is 79.9. The molecule has 0 amide bonds. The van der Waals surface area contributed by atoms with E-state index >= 15 is 0 Å². The van der Waals surface area contributed by atoms with E-state index in [1.165, 1.54) is 18.5 Å². The Morgan fingerprint density at radius 2 is 1.94 bits per heavy atom. The molecular formula is C12H11BrFN3. The van der Waals surface area contributed by atoms with Crippen molar-refractivity contribution < 1.29 is 4.39 Å². The third-order valence-corrected chi connectivity index (χ3v) is 2.84. The molecule has 2 aromatic rings. The first-order chi connectivity index (χ1) is 8.15. The van der Waals surface area contributed by atoms with Crippen LogP contribution in [0, 0.1) is 5.82 Å². The highest BCUT2D eigenvalue weighted by molar-refractivity contribution is 9.10. The molecule has 1 aromatic carbocycles. The van der Waals surface area contributed by atoms with Gasteiger partial charge in [-0.25, -0.2) is 14.4 Å². The number of rotatable bonds is 3. The van der Waals surface area contributed by atoms with E-state index in [-0.39, 0.29) is 11.9 Å². The Kier molecular flexibility index (Phi) is 3.81. The van der Waals surface area contributed by atoms with Gasteiger partial charge in [-0.3, -0.25) is 0 Å². The minimum absolute atomic E-state index is 0.232. The molecular weight excluding hydrogens is 285 g/mol. The van der Waals surface area contributed by atoms with Crippen LogP contribution in [0.25, 0.3) is 0 Å². The van der Waals surface area contributed by atoms with Gasteiger partial charge in [0.2, 0.25) is 0 Å². The number of halogens is 2. The fraction of sp³-hybridized carbons (Fsp3) is 0.167. The predicted octanol–water partition coefficient (Wildman–Crippen LogP) is 2.62. The number of nitrogens with two attached hydrogens (primary N) is 1. The second-order valence-electron chi connectivity index (χ2n) is 3.76. The molecule has 3 nitrogen and oxygen atoms in total. The van der Waals surface area contributed by atoms with Crippen LogP contribution in [0.15, 0.2) is 41.4 Å². The van der Waals surface area contributed by atoms with Gasteiger partial charge in [0, 0.05) is 28.5 Å². The molecule has 0 fully saturated rings. The maximum Gasteiger partial charge on any atom is 0.124 e. The van der Waals surface area contributed by atoms with Gasteiger partial charge < -0.3 is 5.73 Å². The summed E-state index contributed by atoms with van der Waals surface area (Å²) >= 11 is 3.25. The SMILES string of the molecule is NC(Cc1cc(F)cc(Br)c1)c1cncnc1. The average molecular weight is 296 g/mol. The molecule has 0 saturated carbocycles. The third-order valence-electron chi connectivity index (χ3n) is 2.39. The molecule has 0 bridgehead atoms. The van der Waals surface area contributed by atoms with Crippen molar-refractivity contribution in [3.8, 4) is 0 Å². The van der Waals surface area contributed by atoms with E-state index in [1.54, 1.807) is 12.4 Å².